The molecule has 3 aromatic rings. The van der Waals surface area contributed by atoms with Crippen LogP contribution in [-0.4, -0.2) is 22.0 Å². The van der Waals surface area contributed by atoms with Gasteiger partial charge in [0.1, 0.15) is 5.82 Å². The van der Waals surface area contributed by atoms with E-state index in [1.165, 1.54) is 37.4 Å². The van der Waals surface area contributed by atoms with Gasteiger partial charge in [0.05, 0.1) is 24.0 Å². The molecule has 154 valence electrons. The van der Waals surface area contributed by atoms with Crippen molar-refractivity contribution in [3.8, 4) is 0 Å². The molecular weight excluding hydrogens is 421 g/mol. The topological polar surface area (TPSA) is 75.2 Å². The number of nitrogens with one attached hydrogen (secondary N) is 1. The summed E-state index contributed by atoms with van der Waals surface area (Å²) in [5.41, 5.74) is 0.666. The first kappa shape index (κ1) is 21.3. The van der Waals surface area contributed by atoms with Gasteiger partial charge in [-0.3, -0.25) is 14.5 Å². The highest BCUT2D eigenvalue weighted by Crippen LogP contribution is 2.27. The van der Waals surface area contributed by atoms with Crippen LogP contribution in [0.3, 0.4) is 0 Å². The summed E-state index contributed by atoms with van der Waals surface area (Å²) in [4.78, 5) is 25.4. The number of carbonyl (C=O) groups excluding carboxylic acids is 2. The fourth-order valence-electron chi connectivity index (χ4n) is 2.68. The van der Waals surface area contributed by atoms with Gasteiger partial charge in [0.25, 0.3) is 0 Å². The SMILES string of the molecule is CC(=O)N(c1ccc(F)c(F)c1)c1cc(NC(=O)Cc2ccc(F)cc2Cl)cnn1. The highest BCUT2D eigenvalue weighted by Gasteiger charge is 2.19. The van der Waals surface area contributed by atoms with E-state index in [0.717, 1.165) is 23.1 Å². The van der Waals surface area contributed by atoms with Gasteiger partial charge in [0, 0.05) is 24.1 Å². The van der Waals surface area contributed by atoms with Crippen LogP contribution in [0.5, 0.6) is 0 Å². The highest BCUT2D eigenvalue weighted by atomic mass is 35.5. The van der Waals surface area contributed by atoms with Gasteiger partial charge >= 0.3 is 0 Å². The molecule has 1 aromatic heterocycles. The van der Waals surface area contributed by atoms with Crippen molar-refractivity contribution < 1.29 is 22.8 Å². The molecular formula is C20H14ClF3N4O2. The minimum atomic E-state index is -1.13. The summed E-state index contributed by atoms with van der Waals surface area (Å²) in [6, 6.07) is 7.97. The molecule has 30 heavy (non-hydrogen) atoms. The van der Waals surface area contributed by atoms with Crippen LogP contribution < -0.4 is 10.2 Å². The average molecular weight is 435 g/mol. The summed E-state index contributed by atoms with van der Waals surface area (Å²) in [7, 11) is 0. The quantitative estimate of drug-likeness (QED) is 0.645. The standard InChI is InChI=1S/C20H14ClF3N4O2/c1-11(29)28(15-4-5-17(23)18(24)9-15)19-8-14(10-25-27-19)26-20(30)6-12-2-3-13(22)7-16(12)21/h2-5,7-10H,6H2,1H3,(H,26,27,30). The second-order valence-corrected chi connectivity index (χ2v) is 6.62. The normalized spacial score (nSPS) is 10.6. The van der Waals surface area contributed by atoms with Crippen molar-refractivity contribution in [3.05, 3.63) is 76.7 Å². The van der Waals surface area contributed by atoms with Gasteiger partial charge in [-0.05, 0) is 29.8 Å². The number of halogens is 4. The summed E-state index contributed by atoms with van der Waals surface area (Å²) in [6.45, 7) is 1.21. The van der Waals surface area contributed by atoms with Gasteiger partial charge in [0.15, 0.2) is 17.5 Å². The summed E-state index contributed by atoms with van der Waals surface area (Å²) in [5, 5.41) is 10.3. The third-order valence-corrected chi connectivity index (χ3v) is 4.35. The van der Waals surface area contributed by atoms with E-state index < -0.39 is 29.3 Å². The van der Waals surface area contributed by atoms with E-state index in [4.69, 9.17) is 11.6 Å². The van der Waals surface area contributed by atoms with Crippen molar-refractivity contribution in [2.24, 2.45) is 0 Å². The predicted octanol–water partition coefficient (Wildman–Crippen LogP) is 4.41. The Hall–Kier alpha value is -3.46. The van der Waals surface area contributed by atoms with Crippen LogP contribution in [0.15, 0.2) is 48.7 Å². The lowest BCUT2D eigenvalue weighted by atomic mass is 10.1. The third kappa shape index (κ3) is 4.93. The van der Waals surface area contributed by atoms with Crippen molar-refractivity contribution >= 4 is 40.6 Å². The Morgan fingerprint density at radius 3 is 2.50 bits per heavy atom. The maximum atomic E-state index is 13.6. The van der Waals surface area contributed by atoms with Crippen molar-refractivity contribution in [1.82, 2.24) is 10.2 Å². The van der Waals surface area contributed by atoms with Crippen LogP contribution in [0.1, 0.15) is 12.5 Å². The molecule has 0 fully saturated rings. The van der Waals surface area contributed by atoms with Crippen LogP contribution in [0.2, 0.25) is 5.02 Å². The second kappa shape index (κ2) is 8.91. The minimum absolute atomic E-state index is 0.00822. The number of amides is 2. The Balaban J connectivity index is 1.82. The maximum Gasteiger partial charge on any atom is 0.229 e. The molecule has 1 heterocycles. The predicted molar refractivity (Wildman–Crippen MR) is 105 cm³/mol. The minimum Gasteiger partial charge on any atom is -0.324 e. The number of carbonyl (C=O) groups is 2. The van der Waals surface area contributed by atoms with Crippen LogP contribution in [0, 0.1) is 17.5 Å². The Labute approximate surface area is 174 Å². The lowest BCUT2D eigenvalue weighted by molar-refractivity contribution is -0.116. The molecule has 0 saturated carbocycles. The molecule has 0 unspecified atom stereocenters. The molecule has 3 rings (SSSR count). The summed E-state index contributed by atoms with van der Waals surface area (Å²) in [5.74, 6) is -3.72. The number of benzene rings is 2. The lowest BCUT2D eigenvalue weighted by Gasteiger charge is -2.20. The van der Waals surface area contributed by atoms with Crippen molar-refractivity contribution in [2.45, 2.75) is 13.3 Å². The van der Waals surface area contributed by atoms with Crippen molar-refractivity contribution in [2.75, 3.05) is 10.2 Å². The monoisotopic (exact) mass is 434 g/mol. The van der Waals surface area contributed by atoms with E-state index in [1.807, 2.05) is 0 Å². The molecule has 0 aliphatic rings. The number of hydrogen-bond donors (Lipinski definition) is 1. The third-order valence-electron chi connectivity index (χ3n) is 4.00. The lowest BCUT2D eigenvalue weighted by Crippen LogP contribution is -2.24. The number of anilines is 3. The molecule has 10 heteroatoms. The number of aromatic nitrogens is 2. The van der Waals surface area contributed by atoms with Crippen molar-refractivity contribution in [1.29, 1.82) is 0 Å². The van der Waals surface area contributed by atoms with E-state index in [0.29, 0.717) is 5.56 Å². The molecule has 1 N–H and O–H groups in total. The van der Waals surface area contributed by atoms with Gasteiger partial charge < -0.3 is 5.32 Å². The number of hydrogen-bond acceptors (Lipinski definition) is 4. The largest absolute Gasteiger partial charge is 0.324 e. The summed E-state index contributed by atoms with van der Waals surface area (Å²) in [6.07, 6.45) is 1.12. The Bertz CT molecular complexity index is 1130. The zero-order valence-corrected chi connectivity index (χ0v) is 16.3. The first-order valence-corrected chi connectivity index (χ1v) is 8.94. The van der Waals surface area contributed by atoms with E-state index in [2.05, 4.69) is 15.5 Å². The molecule has 2 aromatic carbocycles. The summed E-state index contributed by atoms with van der Waals surface area (Å²) < 4.78 is 39.9. The Morgan fingerprint density at radius 2 is 1.83 bits per heavy atom. The van der Waals surface area contributed by atoms with Gasteiger partial charge in [-0.25, -0.2) is 13.2 Å². The van der Waals surface area contributed by atoms with Crippen LogP contribution in [-0.2, 0) is 16.0 Å². The molecule has 6 nitrogen and oxygen atoms in total. The fourth-order valence-corrected chi connectivity index (χ4v) is 2.91. The van der Waals surface area contributed by atoms with Gasteiger partial charge in [0.2, 0.25) is 11.8 Å². The fraction of sp³-hybridized carbons (Fsp3) is 0.100. The molecule has 0 spiro atoms. The maximum absolute atomic E-state index is 13.6. The Morgan fingerprint density at radius 1 is 1.07 bits per heavy atom. The first-order chi connectivity index (χ1) is 14.2. The second-order valence-electron chi connectivity index (χ2n) is 6.22. The van der Waals surface area contributed by atoms with Crippen LogP contribution in [0.25, 0.3) is 0 Å². The molecule has 0 saturated heterocycles. The van der Waals surface area contributed by atoms with E-state index in [-0.39, 0.29) is 28.6 Å². The van der Waals surface area contributed by atoms with Gasteiger partial charge in [-0.15, -0.1) is 5.10 Å². The zero-order chi connectivity index (χ0) is 21.8. The van der Waals surface area contributed by atoms with E-state index in [1.54, 1.807) is 0 Å². The van der Waals surface area contributed by atoms with Crippen LogP contribution >= 0.6 is 11.6 Å². The molecule has 2 amide bonds. The number of nitrogens with zero attached hydrogens (tertiary/aromatic N) is 3. The van der Waals surface area contributed by atoms with Gasteiger partial charge in [-0.1, -0.05) is 17.7 Å². The first-order valence-electron chi connectivity index (χ1n) is 8.57. The molecule has 0 atom stereocenters. The highest BCUT2D eigenvalue weighted by molar-refractivity contribution is 6.31. The van der Waals surface area contributed by atoms with E-state index in [9.17, 15) is 22.8 Å². The number of rotatable bonds is 5. The summed E-state index contributed by atoms with van der Waals surface area (Å²) >= 11 is 5.93. The molecule has 0 bridgehead atoms. The Kier molecular flexibility index (Phi) is 6.31. The zero-order valence-electron chi connectivity index (χ0n) is 15.5. The van der Waals surface area contributed by atoms with Crippen molar-refractivity contribution in [3.63, 3.8) is 0 Å². The smallest absolute Gasteiger partial charge is 0.229 e. The molecule has 0 aliphatic carbocycles. The average Bonchev–Trinajstić information content (AvgIpc) is 2.67. The van der Waals surface area contributed by atoms with Gasteiger partial charge in [-0.2, -0.15) is 5.10 Å². The van der Waals surface area contributed by atoms with E-state index >= 15 is 0 Å². The molecule has 0 aliphatic heterocycles. The molecule has 0 radical (unpaired) electrons. The van der Waals surface area contributed by atoms with Crippen LogP contribution in [0.4, 0.5) is 30.4 Å².